The van der Waals surface area contributed by atoms with E-state index in [0.717, 1.165) is 17.7 Å². The highest BCUT2D eigenvalue weighted by molar-refractivity contribution is 9.09. The second kappa shape index (κ2) is 7.84. The Morgan fingerprint density at radius 3 is 2.94 bits per heavy atom. The molecule has 1 atom stereocenters. The molecule has 0 aliphatic rings. The lowest BCUT2D eigenvalue weighted by Crippen LogP contribution is -2.26. The molecule has 96 valence electrons. The van der Waals surface area contributed by atoms with Gasteiger partial charge in [-0.3, -0.25) is 4.79 Å². The van der Waals surface area contributed by atoms with Gasteiger partial charge in [0.1, 0.15) is 0 Å². The Hall–Kier alpha value is -0.390. The molecule has 0 aromatic carbocycles. The van der Waals surface area contributed by atoms with Crippen molar-refractivity contribution in [2.45, 2.75) is 24.6 Å². The molecule has 0 aliphatic heterocycles. The van der Waals surface area contributed by atoms with E-state index in [-0.39, 0.29) is 5.91 Å². The fourth-order valence-corrected chi connectivity index (χ4v) is 2.74. The molecule has 0 saturated carbocycles. The van der Waals surface area contributed by atoms with Gasteiger partial charge in [0.15, 0.2) is 0 Å². The van der Waals surface area contributed by atoms with Gasteiger partial charge in [-0.1, -0.05) is 22.9 Å². The molecule has 0 fully saturated rings. The van der Waals surface area contributed by atoms with Crippen LogP contribution < -0.4 is 5.32 Å². The molecule has 1 aromatic rings. The van der Waals surface area contributed by atoms with Crippen molar-refractivity contribution in [1.29, 1.82) is 0 Å². The number of amides is 1. The monoisotopic (exact) mass is 319 g/mol. The predicted octanol–water partition coefficient (Wildman–Crippen LogP) is 2.84. The molecular formula is C12H18BrNO2S. The summed E-state index contributed by atoms with van der Waals surface area (Å²) >= 11 is 5.05. The molecule has 1 unspecified atom stereocenters. The summed E-state index contributed by atoms with van der Waals surface area (Å²) in [6.45, 7) is 3.42. The lowest BCUT2D eigenvalue weighted by atomic mass is 10.3. The van der Waals surface area contributed by atoms with Crippen LogP contribution in [0.2, 0.25) is 0 Å². The molecule has 1 aromatic heterocycles. The quantitative estimate of drug-likeness (QED) is 0.785. The number of aryl methyl sites for hydroxylation is 1. The van der Waals surface area contributed by atoms with Crippen molar-refractivity contribution in [1.82, 2.24) is 5.32 Å². The van der Waals surface area contributed by atoms with E-state index in [4.69, 9.17) is 4.74 Å². The van der Waals surface area contributed by atoms with Gasteiger partial charge in [-0.15, -0.1) is 11.3 Å². The van der Waals surface area contributed by atoms with Crippen LogP contribution in [0, 0.1) is 0 Å². The van der Waals surface area contributed by atoms with E-state index in [1.807, 2.05) is 12.1 Å². The third-order valence-electron chi connectivity index (χ3n) is 2.32. The number of carbonyl (C=O) groups is 1. The number of nitrogens with one attached hydrogen (secondary N) is 1. The van der Waals surface area contributed by atoms with E-state index in [0.29, 0.717) is 18.0 Å². The molecule has 1 heterocycles. The van der Waals surface area contributed by atoms with Crippen LogP contribution >= 0.6 is 27.3 Å². The second-order valence-electron chi connectivity index (χ2n) is 3.72. The number of carbonyl (C=O) groups excluding carboxylic acids is 1. The number of halogens is 1. The average molecular weight is 320 g/mol. The highest BCUT2D eigenvalue weighted by Gasteiger charge is 2.09. The van der Waals surface area contributed by atoms with Crippen molar-refractivity contribution >= 4 is 33.2 Å². The summed E-state index contributed by atoms with van der Waals surface area (Å²) < 4.78 is 5.01. The van der Waals surface area contributed by atoms with Crippen LogP contribution in [-0.2, 0) is 11.2 Å². The summed E-state index contributed by atoms with van der Waals surface area (Å²) in [6, 6.07) is 3.90. The third-order valence-corrected chi connectivity index (χ3v) is 4.28. The lowest BCUT2D eigenvalue weighted by molar-refractivity contribution is 0.0956. The molecule has 5 heteroatoms. The summed E-state index contributed by atoms with van der Waals surface area (Å²) in [6.07, 6.45) is 1.85. The summed E-state index contributed by atoms with van der Waals surface area (Å²) in [4.78, 5) is 14.1. The van der Waals surface area contributed by atoms with Gasteiger partial charge in [0.25, 0.3) is 5.91 Å². The molecule has 0 bridgehead atoms. The Morgan fingerprint density at radius 2 is 2.35 bits per heavy atom. The summed E-state index contributed by atoms with van der Waals surface area (Å²) in [5.41, 5.74) is 0. The van der Waals surface area contributed by atoms with Crippen LogP contribution in [0.1, 0.15) is 27.9 Å². The topological polar surface area (TPSA) is 38.3 Å². The van der Waals surface area contributed by atoms with Crippen molar-refractivity contribution in [3.8, 4) is 0 Å². The molecule has 0 spiro atoms. The van der Waals surface area contributed by atoms with Crippen molar-refractivity contribution in [3.05, 3.63) is 21.9 Å². The van der Waals surface area contributed by atoms with Crippen molar-refractivity contribution in [3.63, 3.8) is 0 Å². The van der Waals surface area contributed by atoms with Gasteiger partial charge in [-0.05, 0) is 25.0 Å². The Kier molecular flexibility index (Phi) is 6.77. The van der Waals surface area contributed by atoms with E-state index < -0.39 is 0 Å². The maximum atomic E-state index is 11.8. The number of hydrogen-bond donors (Lipinski definition) is 1. The number of ether oxygens (including phenoxy) is 1. The van der Waals surface area contributed by atoms with Gasteiger partial charge in [-0.25, -0.2) is 0 Å². The van der Waals surface area contributed by atoms with E-state index in [1.165, 1.54) is 4.88 Å². The van der Waals surface area contributed by atoms with Crippen LogP contribution in [0.4, 0.5) is 0 Å². The lowest BCUT2D eigenvalue weighted by Gasteiger charge is -2.08. The highest BCUT2D eigenvalue weighted by atomic mass is 79.9. The maximum absolute atomic E-state index is 11.8. The van der Waals surface area contributed by atoms with Crippen LogP contribution in [0.15, 0.2) is 12.1 Å². The zero-order chi connectivity index (χ0) is 12.7. The predicted molar refractivity (Wildman–Crippen MR) is 75.2 cm³/mol. The van der Waals surface area contributed by atoms with Gasteiger partial charge < -0.3 is 10.1 Å². The normalized spacial score (nSPS) is 12.4. The van der Waals surface area contributed by atoms with E-state index in [1.54, 1.807) is 18.4 Å². The van der Waals surface area contributed by atoms with Gasteiger partial charge in [0, 0.05) is 23.4 Å². The largest absolute Gasteiger partial charge is 0.384 e. The SMILES string of the molecule is CCc1ccc(C(=O)NCCC(Br)COC)s1. The molecule has 0 radical (unpaired) electrons. The molecular weight excluding hydrogens is 302 g/mol. The van der Waals surface area contributed by atoms with Gasteiger partial charge >= 0.3 is 0 Å². The summed E-state index contributed by atoms with van der Waals surface area (Å²) in [7, 11) is 1.67. The summed E-state index contributed by atoms with van der Waals surface area (Å²) in [5.74, 6) is 0.0202. The van der Waals surface area contributed by atoms with Crippen LogP contribution in [-0.4, -0.2) is 31.0 Å². The van der Waals surface area contributed by atoms with Crippen LogP contribution in [0.3, 0.4) is 0 Å². The number of hydrogen-bond acceptors (Lipinski definition) is 3. The highest BCUT2D eigenvalue weighted by Crippen LogP contribution is 2.16. The Bertz CT molecular complexity index is 354. The first-order valence-electron chi connectivity index (χ1n) is 5.67. The molecule has 0 saturated heterocycles. The minimum absolute atomic E-state index is 0.0202. The van der Waals surface area contributed by atoms with E-state index in [9.17, 15) is 4.79 Å². The minimum Gasteiger partial charge on any atom is -0.384 e. The molecule has 3 nitrogen and oxygen atoms in total. The molecule has 1 rings (SSSR count). The first-order valence-corrected chi connectivity index (χ1v) is 7.40. The first kappa shape index (κ1) is 14.7. The average Bonchev–Trinajstić information content (AvgIpc) is 2.77. The van der Waals surface area contributed by atoms with E-state index in [2.05, 4.69) is 28.2 Å². The maximum Gasteiger partial charge on any atom is 0.261 e. The first-order chi connectivity index (χ1) is 8.17. The number of methoxy groups -OCH3 is 1. The van der Waals surface area contributed by atoms with Crippen LogP contribution in [0.5, 0.6) is 0 Å². The number of thiophene rings is 1. The van der Waals surface area contributed by atoms with Crippen molar-refractivity contribution in [2.75, 3.05) is 20.3 Å². The molecule has 1 N–H and O–H groups in total. The Labute approximate surface area is 115 Å². The van der Waals surface area contributed by atoms with Crippen LogP contribution in [0.25, 0.3) is 0 Å². The van der Waals surface area contributed by atoms with Gasteiger partial charge in [-0.2, -0.15) is 0 Å². The number of rotatable bonds is 7. The zero-order valence-electron chi connectivity index (χ0n) is 10.2. The van der Waals surface area contributed by atoms with Crippen molar-refractivity contribution in [2.24, 2.45) is 0 Å². The fourth-order valence-electron chi connectivity index (χ4n) is 1.38. The van der Waals surface area contributed by atoms with Crippen molar-refractivity contribution < 1.29 is 9.53 Å². The Balaban J connectivity index is 2.29. The van der Waals surface area contributed by atoms with Gasteiger partial charge in [0.05, 0.1) is 11.5 Å². The number of alkyl halides is 1. The molecule has 17 heavy (non-hydrogen) atoms. The molecule has 1 amide bonds. The standard InChI is InChI=1S/C12H18BrNO2S/c1-3-10-4-5-11(17-10)12(15)14-7-6-9(13)8-16-2/h4-5,9H,3,6-8H2,1-2H3,(H,14,15). The summed E-state index contributed by atoms with van der Waals surface area (Å²) in [5, 5.41) is 2.91. The smallest absolute Gasteiger partial charge is 0.261 e. The Morgan fingerprint density at radius 1 is 1.59 bits per heavy atom. The molecule has 0 aliphatic carbocycles. The van der Waals surface area contributed by atoms with E-state index >= 15 is 0 Å². The third kappa shape index (κ3) is 5.19. The zero-order valence-corrected chi connectivity index (χ0v) is 12.6. The fraction of sp³-hybridized carbons (Fsp3) is 0.583. The minimum atomic E-state index is 0.0202. The second-order valence-corrected chi connectivity index (χ2v) is 6.18. The van der Waals surface area contributed by atoms with Gasteiger partial charge in [0.2, 0.25) is 0 Å².